The molecule has 0 saturated heterocycles. The van der Waals surface area contributed by atoms with E-state index in [-0.39, 0.29) is 5.56 Å². The molecule has 0 aliphatic carbocycles. The highest BCUT2D eigenvalue weighted by Crippen LogP contribution is 2.40. The molecule has 0 aromatic heterocycles. The Morgan fingerprint density at radius 3 is 2.18 bits per heavy atom. The Kier molecular flexibility index (Phi) is 4.27. The van der Waals surface area contributed by atoms with E-state index in [1.807, 2.05) is 0 Å². The zero-order valence-electron chi connectivity index (χ0n) is 11.4. The van der Waals surface area contributed by atoms with Crippen LogP contribution in [0.25, 0.3) is 0 Å². The van der Waals surface area contributed by atoms with Crippen molar-refractivity contribution in [1.82, 2.24) is 0 Å². The fourth-order valence-corrected chi connectivity index (χ4v) is 2.26. The van der Waals surface area contributed by atoms with Crippen molar-refractivity contribution in [1.29, 1.82) is 0 Å². The van der Waals surface area contributed by atoms with Gasteiger partial charge in [-0.05, 0) is 17.7 Å². The van der Waals surface area contributed by atoms with Gasteiger partial charge in [0, 0.05) is 22.6 Å². The molecule has 0 radical (unpaired) electrons. The summed E-state index contributed by atoms with van der Waals surface area (Å²) in [4.78, 5) is 20.3. The average molecular weight is 323 g/mol. The Bertz CT molecular complexity index is 746. The van der Waals surface area contributed by atoms with Crippen molar-refractivity contribution in [2.75, 3.05) is 0 Å². The van der Waals surface area contributed by atoms with Crippen molar-refractivity contribution in [3.05, 3.63) is 72.8 Å². The molecule has 8 heteroatoms. The van der Waals surface area contributed by atoms with Crippen LogP contribution in [0.5, 0.6) is 5.75 Å². The highest BCUT2D eigenvalue weighted by molar-refractivity contribution is 6.30. The largest absolute Gasteiger partial charge is 0.502 e. The summed E-state index contributed by atoms with van der Waals surface area (Å²) >= 11 is 5.80. The first kappa shape index (κ1) is 15.7. The van der Waals surface area contributed by atoms with Gasteiger partial charge < -0.3 is 5.11 Å². The first-order valence-corrected chi connectivity index (χ1v) is 6.60. The molecule has 0 amide bonds. The maximum absolute atomic E-state index is 11.0. The second kappa shape index (κ2) is 5.98. The molecule has 0 spiro atoms. The number of nitro benzene ring substituents is 2. The summed E-state index contributed by atoms with van der Waals surface area (Å²) in [7, 11) is 0. The van der Waals surface area contributed by atoms with Gasteiger partial charge in [0.1, 0.15) is 0 Å². The zero-order valence-corrected chi connectivity index (χ0v) is 12.1. The predicted octanol–water partition coefficient (Wildman–Crippen LogP) is 4.01. The van der Waals surface area contributed by atoms with E-state index in [9.17, 15) is 25.3 Å². The lowest BCUT2D eigenvalue weighted by Gasteiger charge is -2.14. The number of hydrogen-bond acceptors (Lipinski definition) is 5. The number of non-ortho nitro benzene ring substituents is 1. The van der Waals surface area contributed by atoms with Crippen molar-refractivity contribution < 1.29 is 15.0 Å². The number of nitrogens with zero attached hydrogens (tertiary/aromatic N) is 2. The second-order valence-corrected chi connectivity index (χ2v) is 5.13. The third-order valence-corrected chi connectivity index (χ3v) is 3.60. The molecular weight excluding hydrogens is 312 g/mol. The first-order chi connectivity index (χ1) is 10.3. The quantitative estimate of drug-likeness (QED) is 0.676. The first-order valence-electron chi connectivity index (χ1n) is 6.22. The third kappa shape index (κ3) is 2.99. The van der Waals surface area contributed by atoms with Crippen LogP contribution in [0.2, 0.25) is 5.02 Å². The molecule has 2 aromatic carbocycles. The van der Waals surface area contributed by atoms with Crippen molar-refractivity contribution in [2.24, 2.45) is 0 Å². The van der Waals surface area contributed by atoms with Crippen molar-refractivity contribution in [3.8, 4) is 5.75 Å². The summed E-state index contributed by atoms with van der Waals surface area (Å²) in [6, 6.07) is 8.54. The number of nitro groups is 2. The lowest BCUT2D eigenvalue weighted by molar-refractivity contribution is -0.394. The summed E-state index contributed by atoms with van der Waals surface area (Å²) in [5, 5.41) is 32.5. The predicted molar refractivity (Wildman–Crippen MR) is 80.4 cm³/mol. The molecule has 1 N–H and O–H groups in total. The number of phenols is 1. The monoisotopic (exact) mass is 322 g/mol. The standard InChI is InChI=1S/C14H11ClN2O5/c1-8(9-2-4-10(15)5-3-9)12-6-11(16(19)20)7-13(14(12)18)17(21)22/h2-8,18H,1H3/t8-/m1/s1. The van der Waals surface area contributed by atoms with E-state index in [4.69, 9.17) is 11.6 Å². The Balaban J connectivity index is 2.60. The van der Waals surface area contributed by atoms with Gasteiger partial charge in [0.25, 0.3) is 5.69 Å². The van der Waals surface area contributed by atoms with Gasteiger partial charge in [0.2, 0.25) is 0 Å². The van der Waals surface area contributed by atoms with Crippen LogP contribution in [0.4, 0.5) is 11.4 Å². The topological polar surface area (TPSA) is 107 Å². The summed E-state index contributed by atoms with van der Waals surface area (Å²) in [5.41, 5.74) is -0.303. The molecule has 2 rings (SSSR count). The van der Waals surface area contributed by atoms with Gasteiger partial charge in [-0.1, -0.05) is 30.7 Å². The molecule has 0 aliphatic rings. The van der Waals surface area contributed by atoms with Gasteiger partial charge in [-0.25, -0.2) is 0 Å². The van der Waals surface area contributed by atoms with Gasteiger partial charge >= 0.3 is 5.69 Å². The summed E-state index contributed by atoms with van der Waals surface area (Å²) in [6.07, 6.45) is 0. The van der Waals surface area contributed by atoms with Gasteiger partial charge in [0.15, 0.2) is 5.75 Å². The lowest BCUT2D eigenvalue weighted by atomic mass is 9.91. The molecule has 0 unspecified atom stereocenters. The van der Waals surface area contributed by atoms with Gasteiger partial charge in [-0.3, -0.25) is 20.2 Å². The highest BCUT2D eigenvalue weighted by Gasteiger charge is 2.26. The van der Waals surface area contributed by atoms with Crippen LogP contribution in [0.3, 0.4) is 0 Å². The van der Waals surface area contributed by atoms with E-state index >= 15 is 0 Å². The normalized spacial score (nSPS) is 11.9. The van der Waals surface area contributed by atoms with Gasteiger partial charge in [-0.15, -0.1) is 0 Å². The fraction of sp³-hybridized carbons (Fsp3) is 0.143. The molecule has 7 nitrogen and oxygen atoms in total. The van der Waals surface area contributed by atoms with E-state index < -0.39 is 32.9 Å². The minimum atomic E-state index is -0.847. The maximum atomic E-state index is 11.0. The molecule has 0 saturated carbocycles. The maximum Gasteiger partial charge on any atom is 0.317 e. The molecule has 2 aromatic rings. The van der Waals surface area contributed by atoms with Crippen molar-refractivity contribution >= 4 is 23.0 Å². The Morgan fingerprint density at radius 1 is 1.09 bits per heavy atom. The van der Waals surface area contributed by atoms with Crippen LogP contribution in [0.15, 0.2) is 36.4 Å². The smallest absolute Gasteiger partial charge is 0.317 e. The SMILES string of the molecule is C[C@H](c1ccc(Cl)cc1)c1cc([N+](=O)[O-])cc([N+](=O)[O-])c1O. The number of phenolic OH excluding ortho intramolecular Hbond substituents is 1. The molecule has 1 atom stereocenters. The number of halogens is 1. The molecule has 22 heavy (non-hydrogen) atoms. The minimum Gasteiger partial charge on any atom is -0.502 e. The van der Waals surface area contributed by atoms with E-state index in [2.05, 4.69) is 0 Å². The number of rotatable bonds is 4. The molecule has 0 bridgehead atoms. The van der Waals surface area contributed by atoms with E-state index in [1.54, 1.807) is 31.2 Å². The summed E-state index contributed by atoms with van der Waals surface area (Å²) in [6.45, 7) is 1.69. The number of aromatic hydroxyl groups is 1. The summed E-state index contributed by atoms with van der Waals surface area (Å²) < 4.78 is 0. The van der Waals surface area contributed by atoms with Crippen LogP contribution in [-0.2, 0) is 0 Å². The van der Waals surface area contributed by atoms with Crippen LogP contribution in [-0.4, -0.2) is 15.0 Å². The van der Waals surface area contributed by atoms with Crippen molar-refractivity contribution in [3.63, 3.8) is 0 Å². The Morgan fingerprint density at radius 2 is 1.68 bits per heavy atom. The lowest BCUT2D eigenvalue weighted by Crippen LogP contribution is -2.01. The molecule has 0 fully saturated rings. The van der Waals surface area contributed by atoms with Gasteiger partial charge in [0.05, 0.1) is 15.9 Å². The Labute approximate surface area is 130 Å². The highest BCUT2D eigenvalue weighted by atomic mass is 35.5. The van der Waals surface area contributed by atoms with Gasteiger partial charge in [-0.2, -0.15) is 0 Å². The molecule has 0 aliphatic heterocycles. The Hall–Kier alpha value is -2.67. The second-order valence-electron chi connectivity index (χ2n) is 4.69. The molecular formula is C14H11ClN2O5. The van der Waals surface area contributed by atoms with Crippen molar-refractivity contribution in [2.45, 2.75) is 12.8 Å². The fourth-order valence-electron chi connectivity index (χ4n) is 2.13. The van der Waals surface area contributed by atoms with Crippen LogP contribution in [0.1, 0.15) is 24.0 Å². The summed E-state index contributed by atoms with van der Waals surface area (Å²) in [5.74, 6) is -1.05. The zero-order chi connectivity index (χ0) is 16.4. The van der Waals surface area contributed by atoms with Crippen LogP contribution < -0.4 is 0 Å². The van der Waals surface area contributed by atoms with E-state index in [1.165, 1.54) is 0 Å². The van der Waals surface area contributed by atoms with Crippen LogP contribution >= 0.6 is 11.6 Å². The average Bonchev–Trinajstić information content (AvgIpc) is 2.47. The molecule has 114 valence electrons. The molecule has 0 heterocycles. The van der Waals surface area contributed by atoms with E-state index in [0.717, 1.165) is 17.7 Å². The minimum absolute atomic E-state index is 0.114. The van der Waals surface area contributed by atoms with E-state index in [0.29, 0.717) is 5.02 Å². The third-order valence-electron chi connectivity index (χ3n) is 3.35. The number of hydrogen-bond donors (Lipinski definition) is 1. The van der Waals surface area contributed by atoms with Crippen LogP contribution in [0, 0.1) is 20.2 Å². The number of benzene rings is 2.